The number of aryl methyl sites for hydroxylation is 2. The maximum absolute atomic E-state index is 12.4. The van der Waals surface area contributed by atoms with Crippen molar-refractivity contribution >= 4 is 23.4 Å². The molecule has 1 amide bonds. The predicted octanol–water partition coefficient (Wildman–Crippen LogP) is 3.11. The maximum Gasteiger partial charge on any atom is 0.284 e. The number of hydrogen-bond acceptors (Lipinski definition) is 6. The lowest BCUT2D eigenvalue weighted by Crippen LogP contribution is -2.22. The van der Waals surface area contributed by atoms with Gasteiger partial charge in [-0.25, -0.2) is 0 Å². The molecule has 1 N–H and O–H groups in total. The van der Waals surface area contributed by atoms with Crippen LogP contribution in [0.4, 0.5) is 5.69 Å². The lowest BCUT2D eigenvalue weighted by atomic mass is 10.1. The summed E-state index contributed by atoms with van der Waals surface area (Å²) in [6.07, 6.45) is 1.51. The summed E-state index contributed by atoms with van der Waals surface area (Å²) in [5.41, 5.74) is 2.18. The zero-order valence-corrected chi connectivity index (χ0v) is 15.6. The smallest absolute Gasteiger partial charge is 0.284 e. The Morgan fingerprint density at radius 2 is 2.00 bits per heavy atom. The molecule has 0 spiro atoms. The van der Waals surface area contributed by atoms with Crippen LogP contribution in [-0.4, -0.2) is 25.6 Å². The van der Waals surface area contributed by atoms with Gasteiger partial charge in [-0.1, -0.05) is 29.8 Å². The number of carbonyl (C=O) groups is 1. The molecule has 0 unspecified atom stereocenters. The van der Waals surface area contributed by atoms with Crippen LogP contribution in [-0.2, 0) is 13.6 Å². The molecule has 0 fully saturated rings. The summed E-state index contributed by atoms with van der Waals surface area (Å²) in [5, 5.41) is 22.4. The molecule has 0 aliphatic carbocycles. The molecule has 27 heavy (non-hydrogen) atoms. The Bertz CT molecular complexity index is 985. The summed E-state index contributed by atoms with van der Waals surface area (Å²) in [5.74, 6) is -0.367. The number of nitrogens with one attached hydrogen (secondary N) is 1. The van der Waals surface area contributed by atoms with E-state index in [0.29, 0.717) is 16.6 Å². The van der Waals surface area contributed by atoms with E-state index in [-0.39, 0.29) is 17.2 Å². The Morgan fingerprint density at radius 1 is 1.26 bits per heavy atom. The van der Waals surface area contributed by atoms with Crippen LogP contribution in [0.15, 0.2) is 58.8 Å². The molecule has 1 aromatic heterocycles. The zero-order valence-electron chi connectivity index (χ0n) is 14.7. The second-order valence-electron chi connectivity index (χ2n) is 5.93. The SMILES string of the molecule is Cc1ccc(CNC(=O)c2ccc(Sc3nncn3C)c([N+](=O)[O-])c2)cc1. The highest BCUT2D eigenvalue weighted by Crippen LogP contribution is 2.34. The van der Waals surface area contributed by atoms with Gasteiger partial charge < -0.3 is 9.88 Å². The molecule has 0 saturated heterocycles. The summed E-state index contributed by atoms with van der Waals surface area (Å²) in [6.45, 7) is 2.34. The van der Waals surface area contributed by atoms with Crippen LogP contribution in [0.2, 0.25) is 0 Å². The lowest BCUT2D eigenvalue weighted by Gasteiger charge is -2.07. The number of nitrogens with zero attached hydrogens (tertiary/aromatic N) is 4. The van der Waals surface area contributed by atoms with Crippen LogP contribution in [0.5, 0.6) is 0 Å². The van der Waals surface area contributed by atoms with Gasteiger partial charge >= 0.3 is 0 Å². The monoisotopic (exact) mass is 383 g/mol. The normalized spacial score (nSPS) is 10.6. The highest BCUT2D eigenvalue weighted by Gasteiger charge is 2.20. The predicted molar refractivity (Wildman–Crippen MR) is 101 cm³/mol. The van der Waals surface area contributed by atoms with Crippen molar-refractivity contribution in [2.45, 2.75) is 23.5 Å². The van der Waals surface area contributed by atoms with Crippen LogP contribution in [0, 0.1) is 17.0 Å². The van der Waals surface area contributed by atoms with Gasteiger partial charge in [0.2, 0.25) is 0 Å². The molecule has 138 valence electrons. The summed E-state index contributed by atoms with van der Waals surface area (Å²) < 4.78 is 1.66. The summed E-state index contributed by atoms with van der Waals surface area (Å²) in [4.78, 5) is 23.7. The number of nitro groups is 1. The van der Waals surface area contributed by atoms with Gasteiger partial charge in [-0.2, -0.15) is 0 Å². The molecule has 0 aliphatic heterocycles. The van der Waals surface area contributed by atoms with Crippen molar-refractivity contribution in [3.8, 4) is 0 Å². The van der Waals surface area contributed by atoms with E-state index in [1.165, 1.54) is 12.4 Å². The second kappa shape index (κ2) is 8.00. The molecule has 8 nitrogen and oxygen atoms in total. The van der Waals surface area contributed by atoms with E-state index in [2.05, 4.69) is 15.5 Å². The molecule has 0 aliphatic rings. The van der Waals surface area contributed by atoms with Gasteiger partial charge in [-0.3, -0.25) is 14.9 Å². The van der Waals surface area contributed by atoms with Gasteiger partial charge in [-0.05, 0) is 36.4 Å². The van der Waals surface area contributed by atoms with Crippen LogP contribution in [0.3, 0.4) is 0 Å². The van der Waals surface area contributed by atoms with E-state index in [1.807, 2.05) is 31.2 Å². The van der Waals surface area contributed by atoms with Crippen molar-refractivity contribution in [3.63, 3.8) is 0 Å². The van der Waals surface area contributed by atoms with Crippen molar-refractivity contribution in [1.29, 1.82) is 0 Å². The third-order valence-corrected chi connectivity index (χ3v) is 4.98. The standard InChI is InChI=1S/C18H17N5O3S/c1-12-3-5-13(6-4-12)10-19-17(24)14-7-8-16(15(9-14)23(25)26)27-18-21-20-11-22(18)2/h3-9,11H,10H2,1-2H3,(H,19,24). The zero-order chi connectivity index (χ0) is 19.4. The van der Waals surface area contributed by atoms with E-state index in [0.717, 1.165) is 22.9 Å². The Labute approximate surface area is 159 Å². The second-order valence-corrected chi connectivity index (χ2v) is 6.94. The summed E-state index contributed by atoms with van der Waals surface area (Å²) in [6, 6.07) is 12.2. The van der Waals surface area contributed by atoms with Gasteiger partial charge in [0.15, 0.2) is 5.16 Å². The minimum Gasteiger partial charge on any atom is -0.348 e. The Kier molecular flexibility index (Phi) is 5.51. The van der Waals surface area contributed by atoms with Crippen molar-refractivity contribution in [3.05, 3.63) is 75.6 Å². The third-order valence-electron chi connectivity index (χ3n) is 3.86. The Hall–Kier alpha value is -3.20. The number of nitro benzene ring substituents is 1. The van der Waals surface area contributed by atoms with Gasteiger partial charge in [0.05, 0.1) is 9.82 Å². The first-order valence-corrected chi connectivity index (χ1v) is 8.89. The molecule has 0 saturated carbocycles. The van der Waals surface area contributed by atoms with Crippen LogP contribution < -0.4 is 5.32 Å². The number of amides is 1. The Balaban J connectivity index is 1.76. The molecular formula is C18H17N5O3S. The number of carbonyl (C=O) groups excluding carboxylic acids is 1. The quantitative estimate of drug-likeness (QED) is 0.518. The molecule has 9 heteroatoms. The van der Waals surface area contributed by atoms with E-state index in [9.17, 15) is 14.9 Å². The van der Waals surface area contributed by atoms with Crippen molar-refractivity contribution in [2.24, 2.45) is 7.05 Å². The third kappa shape index (κ3) is 4.50. The van der Waals surface area contributed by atoms with Gasteiger partial charge in [0.1, 0.15) is 6.33 Å². The van der Waals surface area contributed by atoms with Gasteiger partial charge in [0.25, 0.3) is 11.6 Å². The van der Waals surface area contributed by atoms with Crippen molar-refractivity contribution in [1.82, 2.24) is 20.1 Å². The molecule has 3 aromatic rings. The average Bonchev–Trinajstić information content (AvgIpc) is 3.06. The number of aromatic nitrogens is 3. The first-order valence-electron chi connectivity index (χ1n) is 8.08. The minimum absolute atomic E-state index is 0.147. The molecule has 0 radical (unpaired) electrons. The molecule has 0 atom stereocenters. The first-order chi connectivity index (χ1) is 12.9. The number of hydrogen-bond donors (Lipinski definition) is 1. The highest BCUT2D eigenvalue weighted by molar-refractivity contribution is 7.99. The molecule has 2 aromatic carbocycles. The maximum atomic E-state index is 12.4. The molecule has 1 heterocycles. The fourth-order valence-electron chi connectivity index (χ4n) is 2.34. The Morgan fingerprint density at radius 3 is 2.63 bits per heavy atom. The van der Waals surface area contributed by atoms with E-state index >= 15 is 0 Å². The van der Waals surface area contributed by atoms with Crippen LogP contribution >= 0.6 is 11.8 Å². The fourth-order valence-corrected chi connectivity index (χ4v) is 3.19. The number of rotatable bonds is 6. The van der Waals surface area contributed by atoms with Crippen LogP contribution in [0.25, 0.3) is 0 Å². The molecular weight excluding hydrogens is 366 g/mol. The lowest BCUT2D eigenvalue weighted by molar-refractivity contribution is -0.387. The number of benzene rings is 2. The van der Waals surface area contributed by atoms with Crippen molar-refractivity contribution < 1.29 is 9.72 Å². The van der Waals surface area contributed by atoms with E-state index in [4.69, 9.17) is 0 Å². The van der Waals surface area contributed by atoms with Crippen molar-refractivity contribution in [2.75, 3.05) is 0 Å². The summed E-state index contributed by atoms with van der Waals surface area (Å²) in [7, 11) is 1.75. The van der Waals surface area contributed by atoms with Gasteiger partial charge in [-0.15, -0.1) is 10.2 Å². The largest absolute Gasteiger partial charge is 0.348 e. The van der Waals surface area contributed by atoms with E-state index in [1.54, 1.807) is 23.7 Å². The highest BCUT2D eigenvalue weighted by atomic mass is 32.2. The van der Waals surface area contributed by atoms with Crippen LogP contribution in [0.1, 0.15) is 21.5 Å². The molecule has 3 rings (SSSR count). The molecule has 0 bridgehead atoms. The fraction of sp³-hybridized carbons (Fsp3) is 0.167. The average molecular weight is 383 g/mol. The van der Waals surface area contributed by atoms with E-state index < -0.39 is 4.92 Å². The topological polar surface area (TPSA) is 103 Å². The summed E-state index contributed by atoms with van der Waals surface area (Å²) >= 11 is 1.12. The van der Waals surface area contributed by atoms with Gasteiger partial charge in [0, 0.05) is 25.2 Å². The minimum atomic E-state index is -0.505. The first kappa shape index (κ1) is 18.6.